The van der Waals surface area contributed by atoms with Crippen LogP contribution < -0.4 is 10.1 Å². The molecule has 18 heavy (non-hydrogen) atoms. The molecule has 0 spiro atoms. The molecule has 0 saturated heterocycles. The quantitative estimate of drug-likeness (QED) is 0.845. The summed E-state index contributed by atoms with van der Waals surface area (Å²) in [4.78, 5) is 0. The SMILES string of the molecule is COc1ccc(C(O)CNC(C)C(C)(C)C)cc1. The maximum atomic E-state index is 10.1. The summed E-state index contributed by atoms with van der Waals surface area (Å²) < 4.78 is 5.09. The van der Waals surface area contributed by atoms with E-state index in [0.29, 0.717) is 12.6 Å². The summed E-state index contributed by atoms with van der Waals surface area (Å²) in [7, 11) is 1.64. The standard InChI is InChI=1S/C15H25NO2/c1-11(15(2,3)4)16-10-14(17)12-6-8-13(18-5)9-7-12/h6-9,11,14,16-17H,10H2,1-5H3. The molecule has 1 aromatic carbocycles. The van der Waals surface area contributed by atoms with Gasteiger partial charge in [-0.15, -0.1) is 0 Å². The molecule has 1 aromatic rings. The first kappa shape index (κ1) is 15.0. The van der Waals surface area contributed by atoms with E-state index in [9.17, 15) is 5.11 Å². The minimum absolute atomic E-state index is 0.194. The lowest BCUT2D eigenvalue weighted by atomic mass is 9.88. The van der Waals surface area contributed by atoms with Gasteiger partial charge in [-0.05, 0) is 30.0 Å². The fourth-order valence-electron chi connectivity index (χ4n) is 1.54. The molecule has 0 aliphatic rings. The number of ether oxygens (including phenoxy) is 1. The van der Waals surface area contributed by atoms with E-state index in [4.69, 9.17) is 4.74 Å². The van der Waals surface area contributed by atoms with E-state index >= 15 is 0 Å². The van der Waals surface area contributed by atoms with Crippen molar-refractivity contribution in [1.29, 1.82) is 0 Å². The molecule has 0 heterocycles. The Morgan fingerprint density at radius 2 is 1.78 bits per heavy atom. The molecule has 2 unspecified atom stereocenters. The van der Waals surface area contributed by atoms with Crippen molar-refractivity contribution < 1.29 is 9.84 Å². The van der Waals surface area contributed by atoms with Crippen molar-refractivity contribution in [3.05, 3.63) is 29.8 Å². The normalized spacial score (nSPS) is 15.2. The molecule has 0 fully saturated rings. The maximum absolute atomic E-state index is 10.1. The first-order valence-electron chi connectivity index (χ1n) is 6.40. The number of nitrogens with one attached hydrogen (secondary N) is 1. The van der Waals surface area contributed by atoms with E-state index in [2.05, 4.69) is 33.0 Å². The van der Waals surface area contributed by atoms with E-state index in [1.54, 1.807) is 7.11 Å². The molecule has 0 radical (unpaired) electrons. The molecule has 0 saturated carbocycles. The van der Waals surface area contributed by atoms with Gasteiger partial charge in [-0.25, -0.2) is 0 Å². The Morgan fingerprint density at radius 1 is 1.22 bits per heavy atom. The number of methoxy groups -OCH3 is 1. The van der Waals surface area contributed by atoms with Gasteiger partial charge in [0.05, 0.1) is 13.2 Å². The van der Waals surface area contributed by atoms with E-state index < -0.39 is 6.10 Å². The Hall–Kier alpha value is -1.06. The van der Waals surface area contributed by atoms with E-state index in [0.717, 1.165) is 11.3 Å². The lowest BCUT2D eigenvalue weighted by Gasteiger charge is -2.29. The summed E-state index contributed by atoms with van der Waals surface area (Å²) in [6, 6.07) is 7.88. The second-order valence-electron chi connectivity index (χ2n) is 5.78. The highest BCUT2D eigenvalue weighted by Crippen LogP contribution is 2.20. The average molecular weight is 251 g/mol. The largest absolute Gasteiger partial charge is 0.497 e. The van der Waals surface area contributed by atoms with Crippen LogP contribution in [0.25, 0.3) is 0 Å². The highest BCUT2D eigenvalue weighted by Gasteiger charge is 2.20. The van der Waals surface area contributed by atoms with Gasteiger partial charge in [0, 0.05) is 12.6 Å². The predicted molar refractivity (Wildman–Crippen MR) is 74.9 cm³/mol. The van der Waals surface area contributed by atoms with Gasteiger partial charge in [0.1, 0.15) is 5.75 Å². The van der Waals surface area contributed by atoms with Gasteiger partial charge < -0.3 is 15.2 Å². The number of aliphatic hydroxyl groups excluding tert-OH is 1. The Morgan fingerprint density at radius 3 is 2.22 bits per heavy atom. The molecule has 2 atom stereocenters. The van der Waals surface area contributed by atoms with Crippen LogP contribution in [0, 0.1) is 5.41 Å². The van der Waals surface area contributed by atoms with Crippen LogP contribution >= 0.6 is 0 Å². The highest BCUT2D eigenvalue weighted by molar-refractivity contribution is 5.28. The Labute approximate surface area is 110 Å². The summed E-state index contributed by atoms with van der Waals surface area (Å²) >= 11 is 0. The average Bonchev–Trinajstić information content (AvgIpc) is 2.34. The molecule has 3 nitrogen and oxygen atoms in total. The first-order chi connectivity index (χ1) is 8.34. The Kier molecular flexibility index (Phi) is 5.17. The summed E-state index contributed by atoms with van der Waals surface area (Å²) in [6.07, 6.45) is -0.485. The lowest BCUT2D eigenvalue weighted by Crippen LogP contribution is -2.39. The van der Waals surface area contributed by atoms with Crippen molar-refractivity contribution in [1.82, 2.24) is 5.32 Å². The Balaban J connectivity index is 2.52. The smallest absolute Gasteiger partial charge is 0.118 e. The van der Waals surface area contributed by atoms with Gasteiger partial charge in [0.2, 0.25) is 0 Å². The zero-order chi connectivity index (χ0) is 13.8. The molecule has 1 rings (SSSR count). The molecule has 0 aliphatic carbocycles. The summed E-state index contributed by atoms with van der Waals surface area (Å²) in [5, 5.41) is 13.5. The van der Waals surface area contributed by atoms with Crippen LogP contribution in [0.4, 0.5) is 0 Å². The molecular weight excluding hydrogens is 226 g/mol. The number of rotatable bonds is 5. The molecule has 0 aromatic heterocycles. The second kappa shape index (κ2) is 6.21. The van der Waals surface area contributed by atoms with Crippen molar-refractivity contribution >= 4 is 0 Å². The summed E-state index contributed by atoms with van der Waals surface area (Å²) in [6.45, 7) is 9.25. The van der Waals surface area contributed by atoms with Crippen LogP contribution in [0.15, 0.2) is 24.3 Å². The molecule has 2 N–H and O–H groups in total. The van der Waals surface area contributed by atoms with E-state index in [-0.39, 0.29) is 5.41 Å². The number of hydrogen-bond donors (Lipinski definition) is 2. The topological polar surface area (TPSA) is 41.5 Å². The van der Waals surface area contributed by atoms with Crippen LogP contribution in [-0.4, -0.2) is 24.8 Å². The third-order valence-electron chi connectivity index (χ3n) is 3.42. The monoisotopic (exact) mass is 251 g/mol. The molecule has 102 valence electrons. The third kappa shape index (κ3) is 4.31. The van der Waals surface area contributed by atoms with Crippen molar-refractivity contribution in [3.8, 4) is 5.75 Å². The number of hydrogen-bond acceptors (Lipinski definition) is 3. The van der Waals surface area contributed by atoms with Crippen LogP contribution in [0.1, 0.15) is 39.4 Å². The van der Waals surface area contributed by atoms with Crippen LogP contribution in [0.3, 0.4) is 0 Å². The molecule has 0 aliphatic heterocycles. The fraction of sp³-hybridized carbons (Fsp3) is 0.600. The van der Waals surface area contributed by atoms with Crippen molar-refractivity contribution in [2.24, 2.45) is 5.41 Å². The van der Waals surface area contributed by atoms with Crippen LogP contribution in [0.2, 0.25) is 0 Å². The first-order valence-corrected chi connectivity index (χ1v) is 6.40. The summed E-state index contributed by atoms with van der Waals surface area (Å²) in [5.74, 6) is 0.807. The predicted octanol–water partition coefficient (Wildman–Crippen LogP) is 2.75. The zero-order valence-corrected chi connectivity index (χ0v) is 12.0. The molecule has 3 heteroatoms. The summed E-state index contributed by atoms with van der Waals surface area (Å²) in [5.41, 5.74) is 1.10. The van der Waals surface area contributed by atoms with Crippen molar-refractivity contribution in [2.45, 2.75) is 39.8 Å². The van der Waals surface area contributed by atoms with E-state index in [1.165, 1.54) is 0 Å². The number of benzene rings is 1. The zero-order valence-electron chi connectivity index (χ0n) is 12.0. The van der Waals surface area contributed by atoms with Gasteiger partial charge in [0.25, 0.3) is 0 Å². The fourth-order valence-corrected chi connectivity index (χ4v) is 1.54. The van der Waals surface area contributed by atoms with E-state index in [1.807, 2.05) is 24.3 Å². The number of aliphatic hydroxyl groups is 1. The van der Waals surface area contributed by atoms with Gasteiger partial charge in [-0.2, -0.15) is 0 Å². The van der Waals surface area contributed by atoms with Crippen LogP contribution in [0.5, 0.6) is 5.75 Å². The minimum Gasteiger partial charge on any atom is -0.497 e. The third-order valence-corrected chi connectivity index (χ3v) is 3.42. The van der Waals surface area contributed by atoms with Crippen molar-refractivity contribution in [3.63, 3.8) is 0 Å². The van der Waals surface area contributed by atoms with Crippen LogP contribution in [-0.2, 0) is 0 Å². The maximum Gasteiger partial charge on any atom is 0.118 e. The van der Waals surface area contributed by atoms with Crippen molar-refractivity contribution in [2.75, 3.05) is 13.7 Å². The second-order valence-corrected chi connectivity index (χ2v) is 5.78. The van der Waals surface area contributed by atoms with Gasteiger partial charge in [-0.3, -0.25) is 0 Å². The van der Waals surface area contributed by atoms with Gasteiger partial charge >= 0.3 is 0 Å². The van der Waals surface area contributed by atoms with Gasteiger partial charge in [-0.1, -0.05) is 32.9 Å². The van der Waals surface area contributed by atoms with Gasteiger partial charge in [0.15, 0.2) is 0 Å². The Bertz CT molecular complexity index is 354. The minimum atomic E-state index is -0.485. The molecule has 0 amide bonds. The molecule has 0 bridgehead atoms. The molecular formula is C15H25NO2. The lowest BCUT2D eigenvalue weighted by molar-refractivity contribution is 0.158. The highest BCUT2D eigenvalue weighted by atomic mass is 16.5.